The number of amides is 2. The van der Waals surface area contributed by atoms with Crippen LogP contribution in [-0.2, 0) is 0 Å². The molecule has 0 aliphatic heterocycles. The molecule has 1 aliphatic carbocycles. The Balaban J connectivity index is 1.73. The van der Waals surface area contributed by atoms with E-state index in [1.54, 1.807) is 48.5 Å². The van der Waals surface area contributed by atoms with Crippen LogP contribution in [0.2, 0.25) is 0 Å². The third kappa shape index (κ3) is 2.54. The third-order valence-corrected chi connectivity index (χ3v) is 4.67. The molecule has 0 radical (unpaired) electrons. The molecule has 0 unspecified atom stereocenters. The fraction of sp³-hybridized carbons (Fsp3) is 0.211. The van der Waals surface area contributed by atoms with Crippen molar-refractivity contribution < 1.29 is 13.7 Å². The van der Waals surface area contributed by atoms with Crippen LogP contribution in [0.5, 0.6) is 0 Å². The van der Waals surface area contributed by atoms with Gasteiger partial charge in [-0.05, 0) is 24.6 Å². The topological polar surface area (TPSA) is 39.3 Å². The third-order valence-electron chi connectivity index (χ3n) is 4.67. The molecular formula is C19H17F2N3O. The SMILES string of the molecule is O=C(N(F)c1c[nH]c2ccccc12)N(c1ccccc1)C1(F)CCC1. The number of anilines is 2. The van der Waals surface area contributed by atoms with Crippen molar-refractivity contribution in [1.82, 2.24) is 4.98 Å². The number of nitrogens with one attached hydrogen (secondary N) is 1. The summed E-state index contributed by atoms with van der Waals surface area (Å²) in [5, 5.41) is 0.582. The minimum Gasteiger partial charge on any atom is -0.359 e. The Morgan fingerprint density at radius 3 is 2.40 bits per heavy atom. The molecule has 6 heteroatoms. The molecule has 0 saturated heterocycles. The van der Waals surface area contributed by atoms with E-state index in [0.29, 0.717) is 23.0 Å². The number of hydrogen-bond donors (Lipinski definition) is 1. The molecule has 1 aromatic heterocycles. The molecular weight excluding hydrogens is 324 g/mol. The highest BCUT2D eigenvalue weighted by atomic mass is 19.2. The molecule has 2 aromatic carbocycles. The number of para-hydroxylation sites is 2. The fourth-order valence-corrected chi connectivity index (χ4v) is 3.19. The average Bonchev–Trinajstić information content (AvgIpc) is 3.04. The molecule has 0 spiro atoms. The number of fused-ring (bicyclic) bond motifs is 1. The van der Waals surface area contributed by atoms with Crippen molar-refractivity contribution >= 4 is 28.3 Å². The van der Waals surface area contributed by atoms with Crippen molar-refractivity contribution in [2.75, 3.05) is 10.0 Å². The normalized spacial score (nSPS) is 15.6. The van der Waals surface area contributed by atoms with Gasteiger partial charge in [-0.3, -0.25) is 4.90 Å². The first-order valence-corrected chi connectivity index (χ1v) is 8.20. The quantitative estimate of drug-likeness (QED) is 0.507. The number of aromatic nitrogens is 1. The number of H-pyrrole nitrogens is 1. The van der Waals surface area contributed by atoms with Crippen LogP contribution in [0.25, 0.3) is 10.9 Å². The van der Waals surface area contributed by atoms with E-state index in [9.17, 15) is 9.28 Å². The maximum Gasteiger partial charge on any atom is 0.360 e. The van der Waals surface area contributed by atoms with E-state index in [0.717, 1.165) is 4.90 Å². The molecule has 4 rings (SSSR count). The maximum atomic E-state index is 15.1. The van der Waals surface area contributed by atoms with Gasteiger partial charge in [0, 0.05) is 35.6 Å². The van der Waals surface area contributed by atoms with E-state index in [1.165, 1.54) is 6.20 Å². The molecule has 25 heavy (non-hydrogen) atoms. The first-order chi connectivity index (χ1) is 12.1. The van der Waals surface area contributed by atoms with Crippen LogP contribution in [0, 0.1) is 0 Å². The van der Waals surface area contributed by atoms with Crippen LogP contribution in [0.15, 0.2) is 60.8 Å². The second kappa shape index (κ2) is 5.88. The number of aromatic amines is 1. The number of benzene rings is 2. The summed E-state index contributed by atoms with van der Waals surface area (Å²) in [4.78, 5) is 16.7. The van der Waals surface area contributed by atoms with Gasteiger partial charge in [-0.15, -0.1) is 5.12 Å². The zero-order valence-corrected chi connectivity index (χ0v) is 13.5. The smallest absolute Gasteiger partial charge is 0.359 e. The lowest BCUT2D eigenvalue weighted by molar-refractivity contribution is 0.0656. The number of hydrogen-bond acceptors (Lipinski definition) is 1. The van der Waals surface area contributed by atoms with E-state index in [1.807, 2.05) is 6.07 Å². The van der Waals surface area contributed by atoms with Crippen molar-refractivity contribution in [2.45, 2.75) is 25.1 Å². The molecule has 0 atom stereocenters. The largest absolute Gasteiger partial charge is 0.360 e. The van der Waals surface area contributed by atoms with Crippen LogP contribution in [0.1, 0.15) is 19.3 Å². The first-order valence-electron chi connectivity index (χ1n) is 8.20. The average molecular weight is 341 g/mol. The predicted molar refractivity (Wildman–Crippen MR) is 93.9 cm³/mol. The van der Waals surface area contributed by atoms with Gasteiger partial charge >= 0.3 is 6.03 Å². The maximum absolute atomic E-state index is 15.1. The summed E-state index contributed by atoms with van der Waals surface area (Å²) in [5.74, 6) is -1.85. The minimum absolute atomic E-state index is 0.0193. The van der Waals surface area contributed by atoms with Gasteiger partial charge in [0.2, 0.25) is 0 Å². The Kier molecular flexibility index (Phi) is 3.67. The molecule has 2 amide bonds. The van der Waals surface area contributed by atoms with Crippen molar-refractivity contribution in [1.29, 1.82) is 0 Å². The minimum atomic E-state index is -1.85. The standard InChI is InChI=1S/C19H17F2N3O/c20-19(11-6-12-19)23(14-7-2-1-3-8-14)18(25)24(21)17-13-22-16-10-5-4-9-15(16)17/h1-5,7-10,13,22H,6,11-12H2. The van der Waals surface area contributed by atoms with E-state index < -0.39 is 11.8 Å². The number of urea groups is 1. The molecule has 0 bridgehead atoms. The van der Waals surface area contributed by atoms with E-state index in [2.05, 4.69) is 4.98 Å². The van der Waals surface area contributed by atoms with Gasteiger partial charge in [0.05, 0.1) is 0 Å². The lowest BCUT2D eigenvalue weighted by Gasteiger charge is -2.43. The number of carbonyl (C=O) groups excluding carboxylic acids is 1. The van der Waals surface area contributed by atoms with Crippen LogP contribution in [-0.4, -0.2) is 16.8 Å². The monoisotopic (exact) mass is 341 g/mol. The van der Waals surface area contributed by atoms with Gasteiger partial charge in [0.25, 0.3) is 0 Å². The number of alkyl halides is 1. The molecule has 4 nitrogen and oxygen atoms in total. The Labute approximate surface area is 143 Å². The summed E-state index contributed by atoms with van der Waals surface area (Å²) < 4.78 is 30.1. The summed E-state index contributed by atoms with van der Waals surface area (Å²) in [6.07, 6.45) is 2.49. The van der Waals surface area contributed by atoms with E-state index in [-0.39, 0.29) is 23.7 Å². The summed E-state index contributed by atoms with van der Waals surface area (Å²) in [7, 11) is 0. The van der Waals surface area contributed by atoms with Gasteiger partial charge in [-0.2, -0.15) is 0 Å². The Hall–Kier alpha value is -2.89. The first kappa shape index (κ1) is 15.6. The Morgan fingerprint density at radius 1 is 1.04 bits per heavy atom. The summed E-state index contributed by atoms with van der Waals surface area (Å²) in [6.45, 7) is 0. The van der Waals surface area contributed by atoms with Crippen LogP contribution >= 0.6 is 0 Å². The van der Waals surface area contributed by atoms with Gasteiger partial charge in [0.15, 0.2) is 5.79 Å². The second-order valence-corrected chi connectivity index (χ2v) is 6.23. The Bertz CT molecular complexity index is 905. The highest BCUT2D eigenvalue weighted by molar-refractivity contribution is 6.08. The van der Waals surface area contributed by atoms with Crippen molar-refractivity contribution in [3.05, 3.63) is 60.8 Å². The van der Waals surface area contributed by atoms with Crippen molar-refractivity contribution in [2.24, 2.45) is 0 Å². The fourth-order valence-electron chi connectivity index (χ4n) is 3.19. The van der Waals surface area contributed by atoms with Crippen molar-refractivity contribution in [3.63, 3.8) is 0 Å². The van der Waals surface area contributed by atoms with E-state index in [4.69, 9.17) is 0 Å². The summed E-state index contributed by atoms with van der Waals surface area (Å²) >= 11 is 0. The lowest BCUT2D eigenvalue weighted by atomic mass is 9.88. The molecule has 1 aliphatic rings. The summed E-state index contributed by atoms with van der Waals surface area (Å²) in [6, 6.07) is 14.4. The van der Waals surface area contributed by atoms with E-state index >= 15 is 4.39 Å². The van der Waals surface area contributed by atoms with Gasteiger partial charge < -0.3 is 4.98 Å². The number of rotatable bonds is 3. The molecule has 1 heterocycles. The van der Waals surface area contributed by atoms with Crippen molar-refractivity contribution in [3.8, 4) is 0 Å². The predicted octanol–water partition coefficient (Wildman–Crippen LogP) is 5.34. The summed E-state index contributed by atoms with van der Waals surface area (Å²) in [5.41, 5.74) is 1.12. The highest BCUT2D eigenvalue weighted by Gasteiger charge is 2.48. The number of halogens is 2. The zero-order valence-electron chi connectivity index (χ0n) is 13.5. The van der Waals surface area contributed by atoms with Crippen LogP contribution < -0.4 is 10.0 Å². The lowest BCUT2D eigenvalue weighted by Crippen LogP contribution is -2.56. The molecule has 128 valence electrons. The van der Waals surface area contributed by atoms with Crippen LogP contribution in [0.4, 0.5) is 25.0 Å². The number of carbonyl (C=O) groups is 1. The Morgan fingerprint density at radius 2 is 1.72 bits per heavy atom. The van der Waals surface area contributed by atoms with Gasteiger partial charge in [-0.1, -0.05) is 40.9 Å². The molecule has 1 saturated carbocycles. The molecule has 1 N–H and O–H groups in total. The zero-order chi connectivity index (χ0) is 17.4. The van der Waals surface area contributed by atoms with Crippen LogP contribution in [0.3, 0.4) is 0 Å². The molecule has 3 aromatic rings. The second-order valence-electron chi connectivity index (χ2n) is 6.23. The number of nitrogens with zero attached hydrogens (tertiary/aromatic N) is 2. The van der Waals surface area contributed by atoms with Gasteiger partial charge in [-0.25, -0.2) is 9.18 Å². The van der Waals surface area contributed by atoms with Gasteiger partial charge in [0.1, 0.15) is 5.69 Å². The highest BCUT2D eigenvalue weighted by Crippen LogP contribution is 2.43. The molecule has 1 fully saturated rings.